The summed E-state index contributed by atoms with van der Waals surface area (Å²) in [6, 6.07) is 20.8. The van der Waals surface area contributed by atoms with E-state index in [9.17, 15) is 14.4 Å². The largest absolute Gasteiger partial charge is 0.341 e. The first-order valence-corrected chi connectivity index (χ1v) is 11.0. The lowest BCUT2D eigenvalue weighted by Gasteiger charge is -2.29. The van der Waals surface area contributed by atoms with Crippen LogP contribution in [0, 0.1) is 6.92 Å². The number of rotatable bonds is 7. The van der Waals surface area contributed by atoms with Crippen molar-refractivity contribution in [1.29, 1.82) is 0 Å². The number of amides is 3. The molecule has 0 aliphatic carbocycles. The molecule has 6 heteroatoms. The first-order chi connectivity index (χ1) is 15.9. The summed E-state index contributed by atoms with van der Waals surface area (Å²) >= 11 is 0. The van der Waals surface area contributed by atoms with Crippen LogP contribution in [0.25, 0.3) is 0 Å². The number of benzene rings is 2. The number of aromatic nitrogens is 1. The van der Waals surface area contributed by atoms with Crippen LogP contribution in [0.1, 0.15) is 35.1 Å². The summed E-state index contributed by atoms with van der Waals surface area (Å²) in [5.41, 5.74) is 2.41. The van der Waals surface area contributed by atoms with Crippen molar-refractivity contribution in [3.8, 4) is 0 Å². The number of imide groups is 1. The van der Waals surface area contributed by atoms with Gasteiger partial charge in [-0.3, -0.25) is 24.3 Å². The van der Waals surface area contributed by atoms with Crippen LogP contribution in [-0.4, -0.2) is 39.6 Å². The molecule has 0 saturated carbocycles. The normalized spacial score (nSPS) is 17.9. The topological polar surface area (TPSA) is 70.6 Å². The van der Waals surface area contributed by atoms with Crippen molar-refractivity contribution in [2.45, 2.75) is 38.3 Å². The van der Waals surface area contributed by atoms with Crippen molar-refractivity contribution in [2.24, 2.45) is 0 Å². The van der Waals surface area contributed by atoms with Gasteiger partial charge in [0.15, 0.2) is 0 Å². The van der Waals surface area contributed by atoms with E-state index in [0.717, 1.165) is 16.7 Å². The van der Waals surface area contributed by atoms with E-state index in [1.807, 2.05) is 67.6 Å². The van der Waals surface area contributed by atoms with E-state index < -0.39 is 5.41 Å². The highest BCUT2D eigenvalue weighted by Gasteiger charge is 2.53. The fraction of sp³-hybridized carbons (Fsp3) is 0.259. The van der Waals surface area contributed by atoms with Crippen LogP contribution < -0.4 is 0 Å². The minimum atomic E-state index is -1.21. The lowest BCUT2D eigenvalue weighted by molar-refractivity contribution is -0.143. The van der Waals surface area contributed by atoms with E-state index >= 15 is 0 Å². The van der Waals surface area contributed by atoms with Crippen LogP contribution in [0.4, 0.5) is 0 Å². The molecule has 1 aromatic heterocycles. The molecule has 0 bridgehead atoms. The zero-order valence-corrected chi connectivity index (χ0v) is 18.9. The van der Waals surface area contributed by atoms with E-state index in [1.165, 1.54) is 4.90 Å². The smallest absolute Gasteiger partial charge is 0.241 e. The Bertz CT molecular complexity index is 1150. The molecule has 4 rings (SSSR count). The van der Waals surface area contributed by atoms with Crippen LogP contribution >= 0.6 is 0 Å². The average Bonchev–Trinajstić information content (AvgIpc) is 3.06. The molecule has 2 aromatic carbocycles. The van der Waals surface area contributed by atoms with Crippen molar-refractivity contribution < 1.29 is 14.4 Å². The Kier molecular flexibility index (Phi) is 6.36. The van der Waals surface area contributed by atoms with E-state index in [0.29, 0.717) is 12.1 Å². The van der Waals surface area contributed by atoms with Crippen molar-refractivity contribution in [2.75, 3.05) is 7.05 Å². The third-order valence-corrected chi connectivity index (χ3v) is 6.22. The highest BCUT2D eigenvalue weighted by Crippen LogP contribution is 2.40. The lowest BCUT2D eigenvalue weighted by atomic mass is 9.75. The minimum absolute atomic E-state index is 0.0276. The third-order valence-electron chi connectivity index (χ3n) is 6.22. The van der Waals surface area contributed by atoms with E-state index in [1.54, 1.807) is 30.4 Å². The zero-order valence-electron chi connectivity index (χ0n) is 18.9. The van der Waals surface area contributed by atoms with E-state index in [4.69, 9.17) is 0 Å². The van der Waals surface area contributed by atoms with Gasteiger partial charge in [0.25, 0.3) is 0 Å². The summed E-state index contributed by atoms with van der Waals surface area (Å²) in [6.45, 7) is 2.60. The monoisotopic (exact) mass is 441 g/mol. The number of carbonyl (C=O) groups excluding carboxylic acids is 3. The van der Waals surface area contributed by atoms with E-state index in [2.05, 4.69) is 4.98 Å². The number of carbonyl (C=O) groups is 3. The quantitative estimate of drug-likeness (QED) is 0.525. The second-order valence-electron chi connectivity index (χ2n) is 8.68. The molecule has 1 atom stereocenters. The van der Waals surface area contributed by atoms with Crippen LogP contribution in [0.5, 0.6) is 0 Å². The number of pyridine rings is 1. The van der Waals surface area contributed by atoms with Gasteiger partial charge in [-0.25, -0.2) is 0 Å². The molecule has 2 heterocycles. The van der Waals surface area contributed by atoms with Gasteiger partial charge in [0, 0.05) is 38.8 Å². The maximum atomic E-state index is 13.7. The van der Waals surface area contributed by atoms with E-state index in [-0.39, 0.29) is 37.1 Å². The first-order valence-electron chi connectivity index (χ1n) is 11.0. The lowest BCUT2D eigenvalue weighted by Crippen LogP contribution is -2.42. The Hall–Kier alpha value is -3.80. The number of likely N-dealkylation sites (tertiary alicyclic amines) is 1. The van der Waals surface area contributed by atoms with Gasteiger partial charge < -0.3 is 4.90 Å². The Labute approximate surface area is 193 Å². The van der Waals surface area contributed by atoms with Crippen molar-refractivity contribution in [3.05, 3.63) is 101 Å². The van der Waals surface area contributed by atoms with Gasteiger partial charge in [-0.2, -0.15) is 0 Å². The summed E-state index contributed by atoms with van der Waals surface area (Å²) in [7, 11) is 1.73. The highest BCUT2D eigenvalue weighted by molar-refractivity contribution is 6.10. The van der Waals surface area contributed by atoms with Crippen molar-refractivity contribution in [1.82, 2.24) is 14.8 Å². The Morgan fingerprint density at radius 2 is 1.73 bits per heavy atom. The fourth-order valence-electron chi connectivity index (χ4n) is 4.31. The minimum Gasteiger partial charge on any atom is -0.341 e. The van der Waals surface area contributed by atoms with Crippen LogP contribution in [0.3, 0.4) is 0 Å². The fourth-order valence-corrected chi connectivity index (χ4v) is 4.31. The molecule has 1 aliphatic rings. The summed E-state index contributed by atoms with van der Waals surface area (Å²) in [6.07, 6.45) is 3.20. The highest BCUT2D eigenvalue weighted by atomic mass is 16.2. The molecule has 0 N–H and O–H groups in total. The van der Waals surface area contributed by atoms with Crippen LogP contribution in [0.2, 0.25) is 0 Å². The number of aryl methyl sites for hydroxylation is 1. The molecule has 6 nitrogen and oxygen atoms in total. The number of hydrogen-bond acceptors (Lipinski definition) is 4. The maximum Gasteiger partial charge on any atom is 0.241 e. The maximum absolute atomic E-state index is 13.7. The molecule has 1 saturated heterocycles. The van der Waals surface area contributed by atoms with Crippen molar-refractivity contribution in [3.63, 3.8) is 0 Å². The van der Waals surface area contributed by atoms with Gasteiger partial charge in [-0.1, -0.05) is 66.2 Å². The SMILES string of the molecule is Cc1ccc(CN(C)C(=O)CC2(c3ccccc3)CC(=O)N(Cc3cccnc3)C2=O)cc1. The average molecular weight is 442 g/mol. The first kappa shape index (κ1) is 22.4. The molecule has 33 heavy (non-hydrogen) atoms. The van der Waals surface area contributed by atoms with Crippen LogP contribution in [0.15, 0.2) is 79.1 Å². The standard InChI is InChI=1S/C27H27N3O3/c1-20-10-12-21(13-11-20)18-29(2)24(31)15-27(23-8-4-3-5-9-23)16-25(32)30(26(27)33)19-22-7-6-14-28-17-22/h3-14,17H,15-16,18-19H2,1-2H3. The van der Waals surface area contributed by atoms with Gasteiger partial charge in [-0.05, 0) is 29.7 Å². The number of hydrogen-bond donors (Lipinski definition) is 0. The van der Waals surface area contributed by atoms with Gasteiger partial charge in [-0.15, -0.1) is 0 Å². The van der Waals surface area contributed by atoms with Gasteiger partial charge in [0.1, 0.15) is 0 Å². The summed E-state index contributed by atoms with van der Waals surface area (Å²) in [5.74, 6) is -0.787. The molecule has 1 unspecified atom stereocenters. The molecular weight excluding hydrogens is 414 g/mol. The Morgan fingerprint density at radius 1 is 1.00 bits per heavy atom. The Morgan fingerprint density at radius 3 is 2.39 bits per heavy atom. The molecule has 0 radical (unpaired) electrons. The van der Waals surface area contributed by atoms with Crippen molar-refractivity contribution >= 4 is 17.7 Å². The summed E-state index contributed by atoms with van der Waals surface area (Å²) in [5, 5.41) is 0. The molecule has 3 amide bonds. The molecule has 1 fully saturated rings. The van der Waals surface area contributed by atoms with Gasteiger partial charge in [0.2, 0.25) is 17.7 Å². The number of nitrogens with zero attached hydrogens (tertiary/aromatic N) is 3. The molecule has 1 aliphatic heterocycles. The molecule has 168 valence electrons. The second-order valence-corrected chi connectivity index (χ2v) is 8.68. The Balaban J connectivity index is 1.60. The molecule has 0 spiro atoms. The predicted molar refractivity (Wildman–Crippen MR) is 125 cm³/mol. The summed E-state index contributed by atoms with van der Waals surface area (Å²) < 4.78 is 0. The zero-order chi connectivity index (χ0) is 23.4. The van der Waals surface area contributed by atoms with Gasteiger partial charge in [0.05, 0.1) is 12.0 Å². The summed E-state index contributed by atoms with van der Waals surface area (Å²) in [4.78, 5) is 47.0. The van der Waals surface area contributed by atoms with Crippen LogP contribution in [-0.2, 0) is 32.9 Å². The van der Waals surface area contributed by atoms with Gasteiger partial charge >= 0.3 is 0 Å². The second kappa shape index (κ2) is 9.36. The predicted octanol–water partition coefficient (Wildman–Crippen LogP) is 3.64. The third kappa shape index (κ3) is 4.70. The molecule has 3 aromatic rings. The molecular formula is C27H27N3O3.